The summed E-state index contributed by atoms with van der Waals surface area (Å²) in [7, 11) is 0. The van der Waals surface area contributed by atoms with Crippen LogP contribution in [0.5, 0.6) is 5.75 Å². The molecule has 0 unspecified atom stereocenters. The first kappa shape index (κ1) is 19.0. The predicted octanol–water partition coefficient (Wildman–Crippen LogP) is 5.48. The van der Waals surface area contributed by atoms with E-state index in [1.807, 2.05) is 0 Å². The molecule has 0 fully saturated rings. The molecule has 3 rings (SSSR count). The Kier molecular flexibility index (Phi) is 5.60. The SMILES string of the molecule is C=CC(C=C)C(=O)Cc1ccc(-c2nc(-c3ccccc3O)co2)cc1N=N. The van der Waals surface area contributed by atoms with Crippen molar-refractivity contribution in [1.82, 2.24) is 4.98 Å². The average Bonchev–Trinajstić information content (AvgIpc) is 3.19. The Bertz CT molecular complexity index is 1040. The third-order valence-corrected chi connectivity index (χ3v) is 4.38. The first-order chi connectivity index (χ1) is 13.6. The number of hydrogen-bond donors (Lipinski definition) is 2. The van der Waals surface area contributed by atoms with Crippen molar-refractivity contribution in [2.24, 2.45) is 11.0 Å². The van der Waals surface area contributed by atoms with Crippen molar-refractivity contribution in [3.05, 3.63) is 79.6 Å². The van der Waals surface area contributed by atoms with Gasteiger partial charge in [-0.15, -0.1) is 13.2 Å². The number of allylic oxidation sites excluding steroid dienone is 2. The lowest BCUT2D eigenvalue weighted by Gasteiger charge is -2.09. The van der Waals surface area contributed by atoms with Gasteiger partial charge in [0.25, 0.3) is 0 Å². The fourth-order valence-electron chi connectivity index (χ4n) is 2.84. The zero-order chi connectivity index (χ0) is 20.1. The molecule has 3 aromatic rings. The van der Waals surface area contributed by atoms with E-state index in [4.69, 9.17) is 9.95 Å². The highest BCUT2D eigenvalue weighted by atomic mass is 16.3. The van der Waals surface area contributed by atoms with Gasteiger partial charge in [0, 0.05) is 17.5 Å². The highest BCUT2D eigenvalue weighted by Gasteiger charge is 2.16. The van der Waals surface area contributed by atoms with Crippen LogP contribution in [0.25, 0.3) is 22.7 Å². The van der Waals surface area contributed by atoms with Crippen molar-refractivity contribution < 1.29 is 14.3 Å². The van der Waals surface area contributed by atoms with Crippen LogP contribution < -0.4 is 0 Å². The minimum absolute atomic E-state index is 0.0689. The lowest BCUT2D eigenvalue weighted by atomic mass is 9.96. The number of ketones is 1. The fraction of sp³-hybridized carbons (Fsp3) is 0.0909. The number of para-hydroxylation sites is 1. The highest BCUT2D eigenvalue weighted by Crippen LogP contribution is 2.32. The van der Waals surface area contributed by atoms with E-state index in [-0.39, 0.29) is 18.0 Å². The second-order valence-electron chi connectivity index (χ2n) is 6.15. The number of nitrogens with one attached hydrogen (secondary N) is 1. The summed E-state index contributed by atoms with van der Waals surface area (Å²) in [5, 5.41) is 13.5. The smallest absolute Gasteiger partial charge is 0.226 e. The Labute approximate surface area is 162 Å². The highest BCUT2D eigenvalue weighted by molar-refractivity contribution is 5.87. The third-order valence-electron chi connectivity index (χ3n) is 4.38. The van der Waals surface area contributed by atoms with Gasteiger partial charge in [-0.3, -0.25) is 4.79 Å². The number of carbonyl (C=O) groups is 1. The molecular weight excluding hydrogens is 354 g/mol. The number of hydrogen-bond acceptors (Lipinski definition) is 6. The van der Waals surface area contributed by atoms with Crippen molar-refractivity contribution in [2.45, 2.75) is 6.42 Å². The summed E-state index contributed by atoms with van der Waals surface area (Å²) >= 11 is 0. The van der Waals surface area contributed by atoms with Crippen molar-refractivity contribution in [1.29, 1.82) is 5.53 Å². The van der Waals surface area contributed by atoms with E-state index >= 15 is 0 Å². The van der Waals surface area contributed by atoms with E-state index in [9.17, 15) is 9.90 Å². The summed E-state index contributed by atoms with van der Waals surface area (Å²) in [6.45, 7) is 7.27. The third kappa shape index (κ3) is 3.81. The lowest BCUT2D eigenvalue weighted by molar-refractivity contribution is -0.119. The van der Waals surface area contributed by atoms with Crippen LogP contribution in [-0.2, 0) is 11.2 Å². The summed E-state index contributed by atoms with van der Waals surface area (Å²) in [5.74, 6) is -0.0696. The predicted molar refractivity (Wildman–Crippen MR) is 106 cm³/mol. The summed E-state index contributed by atoms with van der Waals surface area (Å²) in [6, 6.07) is 12.0. The number of phenolic OH excluding ortho intramolecular Hbond substituents is 1. The molecule has 0 atom stereocenters. The molecule has 1 heterocycles. The molecule has 0 spiro atoms. The van der Waals surface area contributed by atoms with Gasteiger partial charge in [-0.25, -0.2) is 10.5 Å². The molecule has 0 saturated carbocycles. The molecule has 6 nitrogen and oxygen atoms in total. The van der Waals surface area contributed by atoms with Crippen molar-refractivity contribution in [3.8, 4) is 28.5 Å². The molecule has 6 heteroatoms. The normalized spacial score (nSPS) is 10.6. The van der Waals surface area contributed by atoms with Crippen LogP contribution in [0, 0.1) is 11.4 Å². The maximum atomic E-state index is 12.3. The molecule has 140 valence electrons. The largest absolute Gasteiger partial charge is 0.507 e. The minimum atomic E-state index is -0.439. The van der Waals surface area contributed by atoms with Gasteiger partial charge in [0.05, 0.1) is 11.6 Å². The van der Waals surface area contributed by atoms with Crippen LogP contribution in [0.4, 0.5) is 5.69 Å². The van der Waals surface area contributed by atoms with E-state index in [1.54, 1.807) is 42.5 Å². The Hall–Kier alpha value is -3.80. The minimum Gasteiger partial charge on any atom is -0.507 e. The average molecular weight is 373 g/mol. The number of rotatable bonds is 8. The van der Waals surface area contributed by atoms with Gasteiger partial charge in [0.2, 0.25) is 5.89 Å². The van der Waals surface area contributed by atoms with Gasteiger partial charge < -0.3 is 9.52 Å². The Balaban J connectivity index is 1.90. The molecule has 2 aromatic carbocycles. The molecule has 28 heavy (non-hydrogen) atoms. The summed E-state index contributed by atoms with van der Waals surface area (Å²) in [6.07, 6.45) is 4.65. The van der Waals surface area contributed by atoms with Gasteiger partial charge in [0.1, 0.15) is 23.5 Å². The summed E-state index contributed by atoms with van der Waals surface area (Å²) in [4.78, 5) is 16.7. The van der Waals surface area contributed by atoms with Gasteiger partial charge in [-0.05, 0) is 29.8 Å². The molecule has 0 radical (unpaired) electrons. The van der Waals surface area contributed by atoms with Gasteiger partial charge in [-0.2, -0.15) is 5.11 Å². The van der Waals surface area contributed by atoms with Gasteiger partial charge >= 0.3 is 0 Å². The van der Waals surface area contributed by atoms with Gasteiger partial charge in [0.15, 0.2) is 0 Å². The summed E-state index contributed by atoms with van der Waals surface area (Å²) in [5.41, 5.74) is 10.1. The number of nitrogens with zero attached hydrogens (tertiary/aromatic N) is 2. The molecule has 0 aliphatic carbocycles. The van der Waals surface area contributed by atoms with Crippen LogP contribution in [0.1, 0.15) is 5.56 Å². The van der Waals surface area contributed by atoms with E-state index in [0.717, 1.165) is 0 Å². The molecule has 0 aliphatic heterocycles. The topological polar surface area (TPSA) is 99.5 Å². The standard InChI is InChI=1S/C22H19N3O3/c1-3-14(4-2)21(27)12-15-9-10-16(11-18(15)25-23)22-24-19(13-28-22)17-7-5-6-8-20(17)26/h3-11,13-14,23,26H,1-2,12H2. The second-order valence-corrected chi connectivity index (χ2v) is 6.15. The number of carbonyl (C=O) groups excluding carboxylic acids is 1. The molecular formula is C22H19N3O3. The first-order valence-electron chi connectivity index (χ1n) is 8.59. The monoisotopic (exact) mass is 373 g/mol. The maximum Gasteiger partial charge on any atom is 0.226 e. The van der Waals surface area contributed by atoms with Crippen LogP contribution in [0.2, 0.25) is 0 Å². The zero-order valence-electron chi connectivity index (χ0n) is 15.1. The van der Waals surface area contributed by atoms with E-state index in [2.05, 4.69) is 23.3 Å². The Morgan fingerprint density at radius 1 is 1.25 bits per heavy atom. The quantitative estimate of drug-likeness (QED) is 0.403. The molecule has 1 aromatic heterocycles. The zero-order valence-corrected chi connectivity index (χ0v) is 15.1. The van der Waals surface area contributed by atoms with E-state index < -0.39 is 5.92 Å². The maximum absolute atomic E-state index is 12.3. The number of oxazole rings is 1. The first-order valence-corrected chi connectivity index (χ1v) is 8.59. The fourth-order valence-corrected chi connectivity index (χ4v) is 2.84. The van der Waals surface area contributed by atoms with Crippen molar-refractivity contribution >= 4 is 11.5 Å². The molecule has 0 saturated heterocycles. The van der Waals surface area contributed by atoms with Crippen LogP contribution in [-0.4, -0.2) is 15.9 Å². The van der Waals surface area contributed by atoms with Crippen LogP contribution in [0.15, 0.2) is 83.6 Å². The molecule has 2 N–H and O–H groups in total. The van der Waals surface area contributed by atoms with Crippen molar-refractivity contribution in [2.75, 3.05) is 0 Å². The van der Waals surface area contributed by atoms with E-state index in [1.165, 1.54) is 18.4 Å². The number of benzene rings is 2. The number of phenols is 1. The summed E-state index contributed by atoms with van der Waals surface area (Å²) < 4.78 is 5.54. The Morgan fingerprint density at radius 3 is 2.68 bits per heavy atom. The lowest BCUT2D eigenvalue weighted by Crippen LogP contribution is -2.12. The number of aromatic hydroxyl groups is 1. The van der Waals surface area contributed by atoms with Crippen molar-refractivity contribution in [3.63, 3.8) is 0 Å². The van der Waals surface area contributed by atoms with Gasteiger partial charge in [-0.1, -0.05) is 30.4 Å². The second kappa shape index (κ2) is 8.26. The molecule has 0 aliphatic rings. The number of Topliss-reactive ketones (excluding diaryl/α,β-unsaturated/α-hetero) is 1. The molecule has 0 bridgehead atoms. The van der Waals surface area contributed by atoms with Crippen LogP contribution in [0.3, 0.4) is 0 Å². The van der Waals surface area contributed by atoms with Crippen LogP contribution >= 0.6 is 0 Å². The number of aromatic nitrogens is 1. The molecule has 0 amide bonds. The van der Waals surface area contributed by atoms with E-state index in [0.29, 0.717) is 34.0 Å². The Morgan fingerprint density at radius 2 is 2.00 bits per heavy atom.